The highest BCUT2D eigenvalue weighted by molar-refractivity contribution is 5.84. The minimum Gasteiger partial charge on any atom is -0.501 e. The Bertz CT molecular complexity index is 556. The minimum atomic E-state index is -4.91. The SMILES string of the molecule is CCN(C)/C=N/C/C=C(/OC)C(C)C(O)(CON=C1CCCCC1)C(F)(F)F. The molecule has 0 amide bonds. The fourth-order valence-electron chi connectivity index (χ4n) is 2.81. The van der Waals surface area contributed by atoms with Crippen LogP contribution in [-0.4, -0.2) is 67.7 Å². The van der Waals surface area contributed by atoms with Crippen LogP contribution in [-0.2, 0) is 9.57 Å². The number of aliphatic hydroxyl groups is 1. The van der Waals surface area contributed by atoms with Gasteiger partial charge in [0.25, 0.3) is 0 Å². The fourth-order valence-corrected chi connectivity index (χ4v) is 2.81. The second-order valence-corrected chi connectivity index (χ2v) is 7.00. The van der Waals surface area contributed by atoms with Gasteiger partial charge in [0.05, 0.1) is 37.4 Å². The molecule has 2 atom stereocenters. The van der Waals surface area contributed by atoms with Gasteiger partial charge >= 0.3 is 6.18 Å². The van der Waals surface area contributed by atoms with Crippen LogP contribution >= 0.6 is 0 Å². The summed E-state index contributed by atoms with van der Waals surface area (Å²) < 4.78 is 46.1. The van der Waals surface area contributed by atoms with Gasteiger partial charge in [-0.2, -0.15) is 13.2 Å². The van der Waals surface area contributed by atoms with Crippen molar-refractivity contribution in [1.82, 2.24) is 4.90 Å². The van der Waals surface area contributed by atoms with Crippen molar-refractivity contribution in [3.05, 3.63) is 11.8 Å². The Kier molecular flexibility index (Phi) is 9.78. The Morgan fingerprint density at radius 1 is 1.29 bits per heavy atom. The summed E-state index contributed by atoms with van der Waals surface area (Å²) in [6.45, 7) is 3.10. The zero-order valence-electron chi connectivity index (χ0n) is 17.1. The fraction of sp³-hybridized carbons (Fsp3) is 0.789. The first-order chi connectivity index (χ1) is 13.2. The normalized spacial score (nSPS) is 19.3. The van der Waals surface area contributed by atoms with E-state index < -0.39 is 24.3 Å². The van der Waals surface area contributed by atoms with E-state index in [1.54, 1.807) is 6.34 Å². The average Bonchev–Trinajstić information content (AvgIpc) is 2.67. The van der Waals surface area contributed by atoms with Crippen LogP contribution in [0.5, 0.6) is 0 Å². The van der Waals surface area contributed by atoms with Gasteiger partial charge in [0.15, 0.2) is 6.61 Å². The smallest absolute Gasteiger partial charge is 0.421 e. The summed E-state index contributed by atoms with van der Waals surface area (Å²) in [4.78, 5) is 10.9. The number of aliphatic imine (C=N–C) groups is 1. The molecule has 0 aliphatic heterocycles. The molecule has 1 N–H and O–H groups in total. The van der Waals surface area contributed by atoms with Gasteiger partial charge in [0.2, 0.25) is 5.60 Å². The maximum absolute atomic E-state index is 13.7. The van der Waals surface area contributed by atoms with Crippen molar-refractivity contribution >= 4 is 12.1 Å². The summed E-state index contributed by atoms with van der Waals surface area (Å²) in [7, 11) is 3.10. The number of halogens is 3. The Morgan fingerprint density at radius 3 is 2.46 bits per heavy atom. The molecule has 1 aliphatic carbocycles. The zero-order chi connectivity index (χ0) is 21.2. The van der Waals surface area contributed by atoms with Gasteiger partial charge in [-0.05, 0) is 38.7 Å². The lowest BCUT2D eigenvalue weighted by Crippen LogP contribution is -2.54. The Balaban J connectivity index is 2.88. The highest BCUT2D eigenvalue weighted by Gasteiger charge is 2.59. The van der Waals surface area contributed by atoms with Crippen molar-refractivity contribution in [2.45, 2.75) is 57.7 Å². The van der Waals surface area contributed by atoms with Crippen molar-refractivity contribution in [2.75, 3.05) is 33.9 Å². The summed E-state index contributed by atoms with van der Waals surface area (Å²) in [5.74, 6) is -1.40. The summed E-state index contributed by atoms with van der Waals surface area (Å²) in [5, 5.41) is 14.3. The molecule has 0 heterocycles. The predicted molar refractivity (Wildman–Crippen MR) is 103 cm³/mol. The maximum Gasteiger partial charge on any atom is 0.421 e. The minimum absolute atomic E-state index is 0.00922. The highest BCUT2D eigenvalue weighted by Crippen LogP contribution is 2.40. The molecule has 2 unspecified atom stereocenters. The van der Waals surface area contributed by atoms with Crippen LogP contribution in [0.4, 0.5) is 13.2 Å². The molecule has 0 bridgehead atoms. The number of methoxy groups -OCH3 is 1. The van der Waals surface area contributed by atoms with Gasteiger partial charge in [0, 0.05) is 13.6 Å². The molecule has 6 nitrogen and oxygen atoms in total. The molecule has 28 heavy (non-hydrogen) atoms. The number of ether oxygens (including phenoxy) is 1. The van der Waals surface area contributed by atoms with Gasteiger partial charge in [-0.15, -0.1) is 0 Å². The van der Waals surface area contributed by atoms with Gasteiger partial charge in [0.1, 0.15) is 0 Å². The molecule has 0 radical (unpaired) electrons. The molecular weight excluding hydrogens is 375 g/mol. The van der Waals surface area contributed by atoms with Crippen molar-refractivity contribution in [3.8, 4) is 0 Å². The molecule has 0 aromatic heterocycles. The molecule has 1 fully saturated rings. The lowest BCUT2D eigenvalue weighted by molar-refractivity contribution is -0.291. The lowest BCUT2D eigenvalue weighted by atomic mass is 9.87. The number of nitrogens with zero attached hydrogens (tertiary/aromatic N) is 3. The van der Waals surface area contributed by atoms with Gasteiger partial charge < -0.3 is 19.6 Å². The third kappa shape index (κ3) is 7.00. The van der Waals surface area contributed by atoms with Crippen molar-refractivity contribution in [1.29, 1.82) is 0 Å². The molecular formula is C19H32F3N3O3. The Morgan fingerprint density at radius 2 is 1.93 bits per heavy atom. The topological polar surface area (TPSA) is 66.7 Å². The average molecular weight is 407 g/mol. The summed E-state index contributed by atoms with van der Waals surface area (Å²) in [6, 6.07) is 0. The Labute approximate surface area is 165 Å². The van der Waals surface area contributed by atoms with Crippen molar-refractivity contribution < 1.29 is 27.9 Å². The molecule has 0 spiro atoms. The van der Waals surface area contributed by atoms with E-state index in [-0.39, 0.29) is 12.3 Å². The van der Waals surface area contributed by atoms with Crippen molar-refractivity contribution in [2.24, 2.45) is 16.1 Å². The van der Waals surface area contributed by atoms with Crippen LogP contribution in [0.2, 0.25) is 0 Å². The molecule has 1 saturated carbocycles. The third-order valence-electron chi connectivity index (χ3n) is 4.95. The second-order valence-electron chi connectivity index (χ2n) is 7.00. The largest absolute Gasteiger partial charge is 0.501 e. The van der Waals surface area contributed by atoms with E-state index in [4.69, 9.17) is 9.57 Å². The monoisotopic (exact) mass is 407 g/mol. The number of hydrogen-bond acceptors (Lipinski definition) is 5. The Hall–Kier alpha value is -1.77. The standard InChI is InChI=1S/C19H32F3N3O3/c1-5-25(3)14-23-12-11-17(27-4)15(2)18(26,19(20,21)22)13-28-24-16-9-7-6-8-10-16/h11,14-15,26H,5-10,12-13H2,1-4H3/b17-11+,23-14+. The lowest BCUT2D eigenvalue weighted by Gasteiger charge is -2.35. The van der Waals surface area contributed by atoms with E-state index in [2.05, 4.69) is 10.1 Å². The first-order valence-corrected chi connectivity index (χ1v) is 9.56. The van der Waals surface area contributed by atoms with E-state index in [1.807, 2.05) is 18.9 Å². The first kappa shape index (κ1) is 24.3. The van der Waals surface area contributed by atoms with Crippen LogP contribution in [0, 0.1) is 5.92 Å². The number of hydrogen-bond donors (Lipinski definition) is 1. The number of alkyl halides is 3. The van der Waals surface area contributed by atoms with E-state index in [9.17, 15) is 18.3 Å². The van der Waals surface area contributed by atoms with Gasteiger partial charge in [-0.1, -0.05) is 18.5 Å². The number of rotatable bonds is 10. The zero-order valence-corrected chi connectivity index (χ0v) is 17.1. The quantitative estimate of drug-likeness (QED) is 0.259. The third-order valence-corrected chi connectivity index (χ3v) is 4.95. The van der Waals surface area contributed by atoms with E-state index in [1.165, 1.54) is 20.1 Å². The predicted octanol–water partition coefficient (Wildman–Crippen LogP) is 3.76. The van der Waals surface area contributed by atoms with Gasteiger partial charge in [-0.3, -0.25) is 4.99 Å². The number of oxime groups is 1. The van der Waals surface area contributed by atoms with E-state index in [0.717, 1.165) is 31.5 Å². The molecule has 0 saturated heterocycles. The van der Waals surface area contributed by atoms with E-state index in [0.29, 0.717) is 12.8 Å². The van der Waals surface area contributed by atoms with Crippen LogP contribution < -0.4 is 0 Å². The van der Waals surface area contributed by atoms with Crippen LogP contribution in [0.25, 0.3) is 0 Å². The van der Waals surface area contributed by atoms with Crippen LogP contribution in [0.15, 0.2) is 22.0 Å². The van der Waals surface area contributed by atoms with Crippen molar-refractivity contribution in [3.63, 3.8) is 0 Å². The molecule has 162 valence electrons. The van der Waals surface area contributed by atoms with Crippen LogP contribution in [0.1, 0.15) is 46.0 Å². The molecule has 1 rings (SSSR count). The molecule has 0 aromatic carbocycles. The summed E-state index contributed by atoms with van der Waals surface area (Å²) in [5.41, 5.74) is -2.39. The first-order valence-electron chi connectivity index (χ1n) is 9.56. The second kappa shape index (κ2) is 11.3. The highest BCUT2D eigenvalue weighted by atomic mass is 19.4. The maximum atomic E-state index is 13.7. The molecule has 9 heteroatoms. The van der Waals surface area contributed by atoms with Crippen LogP contribution in [0.3, 0.4) is 0 Å². The molecule has 1 aliphatic rings. The van der Waals surface area contributed by atoms with E-state index >= 15 is 0 Å². The summed E-state index contributed by atoms with van der Waals surface area (Å²) in [6.07, 6.45) is 2.52. The summed E-state index contributed by atoms with van der Waals surface area (Å²) >= 11 is 0. The molecule has 0 aromatic rings. The van der Waals surface area contributed by atoms with Gasteiger partial charge in [-0.25, -0.2) is 0 Å².